The SMILES string of the molecule is N#CN=C1O[C@@H]2Cc3ccccc3[C@@H]2N1C(=O)c1ccc(F)cc1. The quantitative estimate of drug-likeness (QED) is 0.759. The van der Waals surface area contributed by atoms with Gasteiger partial charge in [0.1, 0.15) is 18.0 Å². The maximum Gasteiger partial charge on any atom is 0.311 e. The van der Waals surface area contributed by atoms with Crippen LogP contribution in [-0.4, -0.2) is 22.9 Å². The number of hydrogen-bond acceptors (Lipinski definition) is 4. The number of nitrogens with zero attached hydrogens (tertiary/aromatic N) is 3. The first-order valence-electron chi connectivity index (χ1n) is 7.49. The maximum absolute atomic E-state index is 13.1. The zero-order valence-corrected chi connectivity index (χ0v) is 12.5. The summed E-state index contributed by atoms with van der Waals surface area (Å²) < 4.78 is 18.9. The van der Waals surface area contributed by atoms with Crippen LogP contribution in [-0.2, 0) is 11.2 Å². The Morgan fingerprint density at radius 1 is 1.25 bits per heavy atom. The topological polar surface area (TPSA) is 65.7 Å². The van der Waals surface area contributed by atoms with E-state index in [1.54, 1.807) is 6.19 Å². The lowest BCUT2D eigenvalue weighted by Gasteiger charge is -2.21. The molecule has 1 amide bonds. The second kappa shape index (κ2) is 5.46. The van der Waals surface area contributed by atoms with Crippen molar-refractivity contribution in [2.75, 3.05) is 0 Å². The molecule has 4 rings (SSSR count). The van der Waals surface area contributed by atoms with Crippen LogP contribution in [0.4, 0.5) is 4.39 Å². The average molecular weight is 321 g/mol. The van der Waals surface area contributed by atoms with Crippen LogP contribution >= 0.6 is 0 Å². The Morgan fingerprint density at radius 2 is 2.00 bits per heavy atom. The number of halogens is 1. The first kappa shape index (κ1) is 14.4. The molecule has 0 spiro atoms. The van der Waals surface area contributed by atoms with Gasteiger partial charge in [0.15, 0.2) is 0 Å². The van der Waals surface area contributed by atoms with Crippen molar-refractivity contribution in [2.45, 2.75) is 18.6 Å². The van der Waals surface area contributed by atoms with E-state index < -0.39 is 5.82 Å². The van der Waals surface area contributed by atoms with Crippen LogP contribution in [0.1, 0.15) is 27.5 Å². The largest absolute Gasteiger partial charge is 0.458 e. The summed E-state index contributed by atoms with van der Waals surface area (Å²) in [5.74, 6) is -0.785. The molecule has 1 aliphatic carbocycles. The van der Waals surface area contributed by atoms with Crippen LogP contribution < -0.4 is 0 Å². The third-order valence-corrected chi connectivity index (χ3v) is 4.34. The first-order valence-corrected chi connectivity index (χ1v) is 7.49. The van der Waals surface area contributed by atoms with Gasteiger partial charge in [-0.25, -0.2) is 9.29 Å². The van der Waals surface area contributed by atoms with Gasteiger partial charge in [-0.2, -0.15) is 5.26 Å². The molecule has 1 aliphatic heterocycles. The third kappa shape index (κ3) is 2.14. The molecule has 0 N–H and O–H groups in total. The molecular weight excluding hydrogens is 309 g/mol. The summed E-state index contributed by atoms with van der Waals surface area (Å²) in [6.45, 7) is 0. The molecule has 1 heterocycles. The van der Waals surface area contributed by atoms with Crippen molar-refractivity contribution in [3.63, 3.8) is 0 Å². The zero-order chi connectivity index (χ0) is 16.7. The first-order chi connectivity index (χ1) is 11.7. The van der Waals surface area contributed by atoms with Crippen LogP contribution in [0.3, 0.4) is 0 Å². The molecule has 2 aromatic carbocycles. The van der Waals surface area contributed by atoms with Gasteiger partial charge in [-0.15, -0.1) is 4.99 Å². The van der Waals surface area contributed by atoms with Gasteiger partial charge in [0.2, 0.25) is 6.19 Å². The molecule has 6 heteroatoms. The number of carbonyl (C=O) groups excluding carboxylic acids is 1. The molecule has 24 heavy (non-hydrogen) atoms. The van der Waals surface area contributed by atoms with Crippen LogP contribution in [0.5, 0.6) is 0 Å². The van der Waals surface area contributed by atoms with Gasteiger partial charge in [-0.3, -0.25) is 4.79 Å². The molecule has 118 valence electrons. The minimum absolute atomic E-state index is 0.00340. The van der Waals surface area contributed by atoms with Gasteiger partial charge < -0.3 is 4.74 Å². The van der Waals surface area contributed by atoms with E-state index in [2.05, 4.69) is 4.99 Å². The lowest BCUT2D eigenvalue weighted by Crippen LogP contribution is -2.35. The zero-order valence-electron chi connectivity index (χ0n) is 12.5. The lowest BCUT2D eigenvalue weighted by molar-refractivity contribution is 0.0811. The molecule has 0 aromatic heterocycles. The highest BCUT2D eigenvalue weighted by molar-refractivity contribution is 6.05. The standard InChI is InChI=1S/C18H12FN3O2/c19-13-7-5-11(6-8-13)17(23)22-16-14-4-2-1-3-12(14)9-15(16)24-18(22)21-10-20/h1-8,15-16H,9H2/t15-,16+/m1/s1. The van der Waals surface area contributed by atoms with Crippen LogP contribution in [0, 0.1) is 17.3 Å². The van der Waals surface area contributed by atoms with Crippen molar-refractivity contribution in [2.24, 2.45) is 4.99 Å². The van der Waals surface area contributed by atoms with Crippen molar-refractivity contribution in [3.8, 4) is 6.19 Å². The molecule has 5 nitrogen and oxygen atoms in total. The summed E-state index contributed by atoms with van der Waals surface area (Å²) in [5, 5.41) is 8.89. The van der Waals surface area contributed by atoms with Crippen LogP contribution in [0.25, 0.3) is 0 Å². The minimum Gasteiger partial charge on any atom is -0.458 e. The number of hydrogen-bond donors (Lipinski definition) is 0. The van der Waals surface area contributed by atoms with Crippen molar-refractivity contribution in [3.05, 3.63) is 71.0 Å². The molecule has 2 aliphatic rings. The van der Waals surface area contributed by atoms with Gasteiger partial charge >= 0.3 is 6.02 Å². The number of carbonyl (C=O) groups is 1. The van der Waals surface area contributed by atoms with Gasteiger partial charge in [0.05, 0.1) is 0 Å². The minimum atomic E-state index is -0.417. The number of amidine groups is 1. The second-order valence-electron chi connectivity index (χ2n) is 5.68. The molecule has 0 saturated carbocycles. The van der Waals surface area contributed by atoms with Crippen molar-refractivity contribution in [1.82, 2.24) is 4.90 Å². The van der Waals surface area contributed by atoms with Crippen molar-refractivity contribution in [1.29, 1.82) is 5.26 Å². The molecule has 1 saturated heterocycles. The number of benzene rings is 2. The van der Waals surface area contributed by atoms with E-state index in [1.165, 1.54) is 29.2 Å². The lowest BCUT2D eigenvalue weighted by atomic mass is 10.1. The van der Waals surface area contributed by atoms with Gasteiger partial charge in [0, 0.05) is 12.0 Å². The number of ether oxygens (including phenoxy) is 1. The van der Waals surface area contributed by atoms with E-state index in [0.29, 0.717) is 12.0 Å². The summed E-state index contributed by atoms with van der Waals surface area (Å²) >= 11 is 0. The highest BCUT2D eigenvalue weighted by atomic mass is 19.1. The Hall–Kier alpha value is -3.20. The highest BCUT2D eigenvalue weighted by Gasteiger charge is 2.49. The van der Waals surface area contributed by atoms with E-state index in [1.807, 2.05) is 24.3 Å². The number of aliphatic imine (C=N–C) groups is 1. The van der Waals surface area contributed by atoms with E-state index in [4.69, 9.17) is 10.00 Å². The molecular formula is C18H12FN3O2. The summed E-state index contributed by atoms with van der Waals surface area (Å²) in [6.07, 6.45) is 2.06. The van der Waals surface area contributed by atoms with E-state index in [9.17, 15) is 9.18 Å². The molecule has 0 bridgehead atoms. The van der Waals surface area contributed by atoms with Gasteiger partial charge in [0.25, 0.3) is 5.91 Å². The Kier molecular flexibility index (Phi) is 3.28. The molecule has 1 fully saturated rings. The summed E-state index contributed by atoms with van der Waals surface area (Å²) in [7, 11) is 0. The Morgan fingerprint density at radius 3 is 2.75 bits per heavy atom. The van der Waals surface area contributed by atoms with Crippen molar-refractivity contribution >= 4 is 11.9 Å². The predicted octanol–water partition coefficient (Wildman–Crippen LogP) is 2.80. The molecule has 2 atom stereocenters. The number of fused-ring (bicyclic) bond motifs is 3. The Bertz CT molecular complexity index is 886. The predicted molar refractivity (Wildman–Crippen MR) is 83.4 cm³/mol. The normalized spacial score (nSPS) is 22.7. The number of nitriles is 1. The summed E-state index contributed by atoms with van der Waals surface area (Å²) in [5.41, 5.74) is 2.41. The fourth-order valence-corrected chi connectivity index (χ4v) is 3.33. The van der Waals surface area contributed by atoms with Gasteiger partial charge in [-0.05, 0) is 35.4 Å². The average Bonchev–Trinajstić information content (AvgIpc) is 3.10. The summed E-state index contributed by atoms with van der Waals surface area (Å²) in [6, 6.07) is 12.7. The Labute approximate surface area is 137 Å². The Balaban J connectivity index is 1.78. The highest BCUT2D eigenvalue weighted by Crippen LogP contribution is 2.43. The summed E-state index contributed by atoms with van der Waals surface area (Å²) in [4.78, 5) is 18.0. The number of rotatable bonds is 1. The molecule has 0 radical (unpaired) electrons. The molecule has 0 unspecified atom stereocenters. The number of amides is 1. The second-order valence-corrected chi connectivity index (χ2v) is 5.68. The van der Waals surface area contributed by atoms with Crippen molar-refractivity contribution < 1.29 is 13.9 Å². The maximum atomic E-state index is 13.1. The van der Waals surface area contributed by atoms with Crippen LogP contribution in [0.15, 0.2) is 53.5 Å². The molecule has 2 aromatic rings. The fourth-order valence-electron chi connectivity index (χ4n) is 3.33. The van der Waals surface area contributed by atoms with E-state index in [-0.39, 0.29) is 24.1 Å². The monoisotopic (exact) mass is 321 g/mol. The van der Waals surface area contributed by atoms with Gasteiger partial charge in [-0.1, -0.05) is 24.3 Å². The third-order valence-electron chi connectivity index (χ3n) is 4.34. The van der Waals surface area contributed by atoms with Crippen LogP contribution in [0.2, 0.25) is 0 Å². The fraction of sp³-hybridized carbons (Fsp3) is 0.167. The van der Waals surface area contributed by atoms with E-state index in [0.717, 1.165) is 11.1 Å². The smallest absolute Gasteiger partial charge is 0.311 e. The van der Waals surface area contributed by atoms with E-state index >= 15 is 0 Å².